The molecule has 2 aliphatic rings. The van der Waals surface area contributed by atoms with Crippen molar-refractivity contribution in [3.8, 4) is 0 Å². The Morgan fingerprint density at radius 3 is 2.86 bits per heavy atom. The number of fused-ring (bicyclic) bond motifs is 1. The van der Waals surface area contributed by atoms with Crippen molar-refractivity contribution in [1.82, 2.24) is 25.0 Å². The third kappa shape index (κ3) is 3.68. The lowest BCUT2D eigenvalue weighted by atomic mass is 9.96. The second-order valence-electron chi connectivity index (χ2n) is 7.99. The van der Waals surface area contributed by atoms with Gasteiger partial charge in [-0.3, -0.25) is 19.8 Å². The summed E-state index contributed by atoms with van der Waals surface area (Å²) in [7, 11) is 0. The second-order valence-corrected chi connectivity index (χ2v) is 7.99. The SMILES string of the molecule is O=C(c1cccnc1)N1CCC(c2n[nH]c3c2CN(Cc2ccccc2)CC3)C1. The summed E-state index contributed by atoms with van der Waals surface area (Å²) in [5.74, 6) is 0.364. The van der Waals surface area contributed by atoms with Gasteiger partial charge >= 0.3 is 0 Å². The van der Waals surface area contributed by atoms with Crippen molar-refractivity contribution in [3.63, 3.8) is 0 Å². The minimum absolute atomic E-state index is 0.0655. The zero-order valence-corrected chi connectivity index (χ0v) is 16.4. The molecular formula is C23H25N5O. The molecule has 6 heteroatoms. The Kier molecular flexibility index (Phi) is 4.86. The van der Waals surface area contributed by atoms with Gasteiger partial charge in [0.05, 0.1) is 11.3 Å². The van der Waals surface area contributed by atoms with Gasteiger partial charge in [0.1, 0.15) is 0 Å². The number of H-pyrrole nitrogens is 1. The van der Waals surface area contributed by atoms with E-state index in [1.807, 2.05) is 17.0 Å². The highest BCUT2D eigenvalue weighted by Crippen LogP contribution is 2.32. The molecule has 5 rings (SSSR count). The van der Waals surface area contributed by atoms with Crippen LogP contribution in [-0.2, 0) is 19.5 Å². The molecule has 1 fully saturated rings. The van der Waals surface area contributed by atoms with Gasteiger partial charge in [0, 0.05) is 68.7 Å². The molecule has 148 valence electrons. The molecule has 0 aliphatic carbocycles. The smallest absolute Gasteiger partial charge is 0.255 e. The van der Waals surface area contributed by atoms with Crippen molar-refractivity contribution in [1.29, 1.82) is 0 Å². The molecule has 1 amide bonds. The van der Waals surface area contributed by atoms with E-state index in [4.69, 9.17) is 0 Å². The molecule has 0 bridgehead atoms. The fourth-order valence-electron chi connectivity index (χ4n) is 4.53. The standard InChI is InChI=1S/C23H25N5O/c29-23(18-7-4-10-24-13-18)28-12-8-19(15-28)22-20-16-27(11-9-21(20)25-26-22)14-17-5-2-1-3-6-17/h1-7,10,13,19H,8-9,11-12,14-16H2,(H,25,26). The molecule has 1 saturated heterocycles. The number of hydrogen-bond acceptors (Lipinski definition) is 4. The first-order valence-corrected chi connectivity index (χ1v) is 10.3. The van der Waals surface area contributed by atoms with E-state index in [9.17, 15) is 4.79 Å². The number of aromatic nitrogens is 3. The lowest BCUT2D eigenvalue weighted by Crippen LogP contribution is -2.31. The number of aromatic amines is 1. The van der Waals surface area contributed by atoms with Crippen LogP contribution >= 0.6 is 0 Å². The lowest BCUT2D eigenvalue weighted by Gasteiger charge is -2.27. The summed E-state index contributed by atoms with van der Waals surface area (Å²) in [6.45, 7) is 4.42. The van der Waals surface area contributed by atoms with Gasteiger partial charge in [-0.25, -0.2) is 0 Å². The van der Waals surface area contributed by atoms with Gasteiger partial charge in [0.15, 0.2) is 0 Å². The average molecular weight is 387 g/mol. The number of nitrogens with zero attached hydrogens (tertiary/aromatic N) is 4. The van der Waals surface area contributed by atoms with Gasteiger partial charge in [-0.2, -0.15) is 5.10 Å². The van der Waals surface area contributed by atoms with Crippen molar-refractivity contribution >= 4 is 5.91 Å². The molecule has 0 radical (unpaired) electrons. The van der Waals surface area contributed by atoms with Crippen molar-refractivity contribution in [2.45, 2.75) is 31.8 Å². The van der Waals surface area contributed by atoms with Gasteiger partial charge in [-0.1, -0.05) is 30.3 Å². The number of nitrogens with one attached hydrogen (secondary N) is 1. The molecule has 2 aliphatic heterocycles. The molecular weight excluding hydrogens is 362 g/mol. The van der Waals surface area contributed by atoms with Gasteiger partial charge in [-0.05, 0) is 24.1 Å². The Balaban J connectivity index is 1.29. The predicted octanol–water partition coefficient (Wildman–Crippen LogP) is 2.99. The third-order valence-corrected chi connectivity index (χ3v) is 6.06. The molecule has 1 aromatic carbocycles. The van der Waals surface area contributed by atoms with Gasteiger partial charge in [0.2, 0.25) is 0 Å². The fraction of sp³-hybridized carbons (Fsp3) is 0.348. The highest BCUT2D eigenvalue weighted by Gasteiger charge is 2.33. The number of likely N-dealkylation sites (tertiary alicyclic amines) is 1. The van der Waals surface area contributed by atoms with E-state index in [0.717, 1.165) is 51.3 Å². The number of carbonyl (C=O) groups is 1. The number of benzene rings is 1. The Hall–Kier alpha value is -2.99. The summed E-state index contributed by atoms with van der Waals surface area (Å²) in [6.07, 6.45) is 5.30. The highest BCUT2D eigenvalue weighted by atomic mass is 16.2. The van der Waals surface area contributed by atoms with E-state index in [-0.39, 0.29) is 5.91 Å². The molecule has 0 saturated carbocycles. The van der Waals surface area contributed by atoms with E-state index in [0.29, 0.717) is 11.5 Å². The number of pyridine rings is 1. The van der Waals surface area contributed by atoms with Crippen LogP contribution in [0.1, 0.15) is 45.2 Å². The van der Waals surface area contributed by atoms with Crippen LogP contribution in [0.25, 0.3) is 0 Å². The van der Waals surface area contributed by atoms with Crippen LogP contribution in [-0.4, -0.2) is 50.5 Å². The molecule has 3 aromatic rings. The molecule has 4 heterocycles. The molecule has 6 nitrogen and oxygen atoms in total. The van der Waals surface area contributed by atoms with Crippen LogP contribution in [0.2, 0.25) is 0 Å². The number of amides is 1. The van der Waals surface area contributed by atoms with Gasteiger partial charge < -0.3 is 4.90 Å². The lowest BCUT2D eigenvalue weighted by molar-refractivity contribution is 0.0790. The van der Waals surface area contributed by atoms with Crippen LogP contribution in [0.15, 0.2) is 54.9 Å². The van der Waals surface area contributed by atoms with Crippen LogP contribution in [0.5, 0.6) is 0 Å². The number of hydrogen-bond donors (Lipinski definition) is 1. The van der Waals surface area contributed by atoms with E-state index >= 15 is 0 Å². The monoisotopic (exact) mass is 387 g/mol. The molecule has 1 unspecified atom stereocenters. The first kappa shape index (κ1) is 18.1. The van der Waals surface area contributed by atoms with Crippen LogP contribution in [0, 0.1) is 0 Å². The maximum atomic E-state index is 12.8. The average Bonchev–Trinajstić information content (AvgIpc) is 3.41. The fourth-order valence-corrected chi connectivity index (χ4v) is 4.53. The third-order valence-electron chi connectivity index (χ3n) is 6.06. The van der Waals surface area contributed by atoms with Crippen molar-refractivity contribution < 1.29 is 4.79 Å². The summed E-state index contributed by atoms with van der Waals surface area (Å²) in [4.78, 5) is 21.3. The van der Waals surface area contributed by atoms with Gasteiger partial charge in [-0.15, -0.1) is 0 Å². The van der Waals surface area contributed by atoms with E-state index in [1.54, 1.807) is 12.4 Å². The Morgan fingerprint density at radius 2 is 2.03 bits per heavy atom. The minimum atomic E-state index is 0.0655. The quantitative estimate of drug-likeness (QED) is 0.747. The maximum Gasteiger partial charge on any atom is 0.255 e. The molecule has 2 aromatic heterocycles. The van der Waals surface area contributed by atoms with E-state index in [1.165, 1.54) is 16.8 Å². The highest BCUT2D eigenvalue weighted by molar-refractivity contribution is 5.94. The topological polar surface area (TPSA) is 65.1 Å². The summed E-state index contributed by atoms with van der Waals surface area (Å²) in [6, 6.07) is 14.3. The van der Waals surface area contributed by atoms with E-state index in [2.05, 4.69) is 50.4 Å². The first-order valence-electron chi connectivity index (χ1n) is 10.3. The predicted molar refractivity (Wildman–Crippen MR) is 110 cm³/mol. The first-order chi connectivity index (χ1) is 14.3. The van der Waals surface area contributed by atoms with Crippen molar-refractivity contribution in [2.75, 3.05) is 19.6 Å². The minimum Gasteiger partial charge on any atom is -0.338 e. The summed E-state index contributed by atoms with van der Waals surface area (Å²) < 4.78 is 0. The van der Waals surface area contributed by atoms with Crippen molar-refractivity contribution in [3.05, 3.63) is 82.9 Å². The Labute approximate surface area is 170 Å². The molecule has 1 atom stereocenters. The number of carbonyl (C=O) groups excluding carboxylic acids is 1. The normalized spacial score (nSPS) is 19.3. The Bertz CT molecular complexity index is 985. The summed E-state index contributed by atoms with van der Waals surface area (Å²) in [5.41, 5.74) is 5.76. The largest absolute Gasteiger partial charge is 0.338 e. The molecule has 1 N–H and O–H groups in total. The summed E-state index contributed by atoms with van der Waals surface area (Å²) >= 11 is 0. The maximum absolute atomic E-state index is 12.8. The van der Waals surface area contributed by atoms with E-state index < -0.39 is 0 Å². The second kappa shape index (κ2) is 7.79. The van der Waals surface area contributed by atoms with Gasteiger partial charge in [0.25, 0.3) is 5.91 Å². The zero-order valence-electron chi connectivity index (χ0n) is 16.4. The molecule has 0 spiro atoms. The van der Waals surface area contributed by atoms with Crippen LogP contribution in [0.3, 0.4) is 0 Å². The van der Waals surface area contributed by atoms with Crippen molar-refractivity contribution in [2.24, 2.45) is 0 Å². The number of rotatable bonds is 4. The van der Waals surface area contributed by atoms with Crippen LogP contribution < -0.4 is 0 Å². The summed E-state index contributed by atoms with van der Waals surface area (Å²) in [5, 5.41) is 7.96. The molecule has 29 heavy (non-hydrogen) atoms. The zero-order chi connectivity index (χ0) is 19.6. The van der Waals surface area contributed by atoms with Crippen LogP contribution in [0.4, 0.5) is 0 Å². The Morgan fingerprint density at radius 1 is 1.14 bits per heavy atom.